The van der Waals surface area contributed by atoms with Crippen LogP contribution in [-0.4, -0.2) is 23.1 Å². The zero-order valence-electron chi connectivity index (χ0n) is 17.9. The maximum absolute atomic E-state index is 12.8. The fraction of sp³-hybridized carbons (Fsp3) is 0.435. The molecule has 0 radical (unpaired) electrons. The summed E-state index contributed by atoms with van der Waals surface area (Å²) >= 11 is 0. The van der Waals surface area contributed by atoms with E-state index in [1.54, 1.807) is 0 Å². The molecule has 0 spiro atoms. The molecular formula is C23H24F3N3O3. The fourth-order valence-electron chi connectivity index (χ4n) is 4.10. The van der Waals surface area contributed by atoms with Gasteiger partial charge < -0.3 is 14.6 Å². The predicted molar refractivity (Wildman–Crippen MR) is 111 cm³/mol. The van der Waals surface area contributed by atoms with Crippen LogP contribution in [0.15, 0.2) is 24.3 Å². The Bertz CT molecular complexity index is 1060. The van der Waals surface area contributed by atoms with Crippen LogP contribution in [-0.2, 0) is 26.9 Å². The van der Waals surface area contributed by atoms with Crippen LogP contribution in [0.2, 0.25) is 0 Å². The number of ether oxygens (including phenoxy) is 1. The Balaban J connectivity index is 1.65. The number of rotatable bonds is 6. The molecule has 1 aromatic carbocycles. The van der Waals surface area contributed by atoms with Crippen LogP contribution in [0.1, 0.15) is 59.7 Å². The minimum Gasteiger partial charge on any atom is -0.455 e. The van der Waals surface area contributed by atoms with Crippen molar-refractivity contribution < 1.29 is 27.5 Å². The molecular weight excluding hydrogens is 423 g/mol. The number of nitriles is 1. The van der Waals surface area contributed by atoms with Gasteiger partial charge in [-0.1, -0.05) is 31.0 Å². The van der Waals surface area contributed by atoms with Gasteiger partial charge in [-0.25, -0.2) is 0 Å². The molecule has 1 amide bonds. The molecule has 2 aromatic rings. The molecule has 1 aliphatic rings. The summed E-state index contributed by atoms with van der Waals surface area (Å²) in [5.41, 5.74) is 1.35. The summed E-state index contributed by atoms with van der Waals surface area (Å²) in [7, 11) is 0. The number of alkyl halides is 3. The molecule has 3 rings (SSSR count). The van der Waals surface area contributed by atoms with Gasteiger partial charge in [0, 0.05) is 11.7 Å². The van der Waals surface area contributed by atoms with E-state index in [0.717, 1.165) is 49.1 Å². The van der Waals surface area contributed by atoms with E-state index in [1.165, 1.54) is 12.1 Å². The number of halogens is 3. The largest absolute Gasteiger partial charge is 0.455 e. The third kappa shape index (κ3) is 5.13. The summed E-state index contributed by atoms with van der Waals surface area (Å²) in [4.78, 5) is 24.5. The van der Waals surface area contributed by atoms with Crippen molar-refractivity contribution in [2.75, 3.05) is 11.9 Å². The molecule has 1 saturated carbocycles. The number of carbonyl (C=O) groups is 2. The maximum atomic E-state index is 12.8. The minimum absolute atomic E-state index is 0.137. The lowest BCUT2D eigenvalue weighted by Crippen LogP contribution is -2.24. The fourth-order valence-corrected chi connectivity index (χ4v) is 4.10. The Morgan fingerprint density at radius 1 is 1.25 bits per heavy atom. The number of nitrogens with one attached hydrogen (secondary N) is 1. The molecule has 1 aromatic heterocycles. The molecule has 1 aliphatic carbocycles. The highest BCUT2D eigenvalue weighted by atomic mass is 19.4. The zero-order valence-corrected chi connectivity index (χ0v) is 17.9. The molecule has 0 atom stereocenters. The average Bonchev–Trinajstić information content (AvgIpc) is 3.33. The first-order valence-electron chi connectivity index (χ1n) is 10.3. The number of aromatic nitrogens is 1. The molecule has 170 valence electrons. The van der Waals surface area contributed by atoms with Crippen molar-refractivity contribution in [3.63, 3.8) is 0 Å². The van der Waals surface area contributed by atoms with Crippen LogP contribution in [0.25, 0.3) is 0 Å². The number of carbonyl (C=O) groups excluding carboxylic acids is 2. The summed E-state index contributed by atoms with van der Waals surface area (Å²) in [6, 6.07) is 6.71. The third-order valence-electron chi connectivity index (χ3n) is 5.78. The third-order valence-corrected chi connectivity index (χ3v) is 5.78. The molecule has 32 heavy (non-hydrogen) atoms. The lowest BCUT2D eigenvalue weighted by molar-refractivity contribution is -0.146. The Morgan fingerprint density at radius 3 is 2.56 bits per heavy atom. The van der Waals surface area contributed by atoms with E-state index in [-0.39, 0.29) is 11.6 Å². The molecule has 1 fully saturated rings. The number of anilines is 1. The summed E-state index contributed by atoms with van der Waals surface area (Å²) in [6.45, 7) is 3.12. The summed E-state index contributed by atoms with van der Waals surface area (Å²) in [5.74, 6) is -1.04. The average molecular weight is 447 g/mol. The van der Waals surface area contributed by atoms with Crippen molar-refractivity contribution in [3.05, 3.63) is 52.2 Å². The molecule has 0 aliphatic heterocycles. The van der Waals surface area contributed by atoms with Crippen molar-refractivity contribution in [1.29, 1.82) is 5.26 Å². The normalized spacial score (nSPS) is 14.2. The minimum atomic E-state index is -4.51. The smallest absolute Gasteiger partial charge is 0.416 e. The number of esters is 1. The van der Waals surface area contributed by atoms with Crippen molar-refractivity contribution in [2.45, 2.75) is 58.2 Å². The highest BCUT2D eigenvalue weighted by molar-refractivity contribution is 5.94. The highest BCUT2D eigenvalue weighted by Crippen LogP contribution is 2.37. The Labute approximate surface area is 184 Å². The standard InChI is InChI=1S/C23H24F3N3O3/c1-14-15(2)29(18-8-3-4-9-18)22(19(14)12-27)28-20(30)13-32-21(31)11-16-6-5-7-17(10-16)23(24,25)26/h5-7,10,18H,3-4,8-9,11,13H2,1-2H3,(H,28,30). The van der Waals surface area contributed by atoms with E-state index in [0.29, 0.717) is 11.4 Å². The summed E-state index contributed by atoms with van der Waals surface area (Å²) < 4.78 is 45.4. The molecule has 1 N–H and O–H groups in total. The SMILES string of the molecule is Cc1c(C#N)c(NC(=O)COC(=O)Cc2cccc(C(F)(F)F)c2)n(C2CCCC2)c1C. The van der Waals surface area contributed by atoms with Crippen LogP contribution >= 0.6 is 0 Å². The van der Waals surface area contributed by atoms with Crippen LogP contribution in [0.5, 0.6) is 0 Å². The number of amides is 1. The van der Waals surface area contributed by atoms with Crippen LogP contribution in [0, 0.1) is 25.2 Å². The van der Waals surface area contributed by atoms with E-state index in [9.17, 15) is 28.0 Å². The Hall–Kier alpha value is -3.28. The summed E-state index contributed by atoms with van der Waals surface area (Å²) in [5, 5.41) is 12.3. The lowest BCUT2D eigenvalue weighted by atomic mass is 10.1. The predicted octanol–water partition coefficient (Wildman–Crippen LogP) is 4.83. The molecule has 0 bridgehead atoms. The van der Waals surface area contributed by atoms with Gasteiger partial charge in [0.05, 0.1) is 17.5 Å². The first-order valence-corrected chi connectivity index (χ1v) is 10.3. The van der Waals surface area contributed by atoms with E-state index >= 15 is 0 Å². The maximum Gasteiger partial charge on any atom is 0.416 e. The number of benzene rings is 1. The summed E-state index contributed by atoms with van der Waals surface area (Å²) in [6.07, 6.45) is -0.850. The molecule has 0 unspecified atom stereocenters. The Kier molecular flexibility index (Phi) is 6.92. The van der Waals surface area contributed by atoms with Crippen molar-refractivity contribution in [1.82, 2.24) is 4.57 Å². The van der Waals surface area contributed by atoms with Crippen LogP contribution in [0.3, 0.4) is 0 Å². The van der Waals surface area contributed by atoms with E-state index < -0.39 is 36.6 Å². The van der Waals surface area contributed by atoms with Crippen molar-refractivity contribution in [3.8, 4) is 6.07 Å². The second-order valence-electron chi connectivity index (χ2n) is 7.94. The quantitative estimate of drug-likeness (QED) is 0.643. The van der Waals surface area contributed by atoms with Gasteiger partial charge in [0.15, 0.2) is 6.61 Å². The van der Waals surface area contributed by atoms with Gasteiger partial charge >= 0.3 is 12.1 Å². The Morgan fingerprint density at radius 2 is 1.94 bits per heavy atom. The van der Waals surface area contributed by atoms with Gasteiger partial charge in [0.25, 0.3) is 5.91 Å². The van der Waals surface area contributed by atoms with E-state index in [2.05, 4.69) is 11.4 Å². The van der Waals surface area contributed by atoms with Gasteiger partial charge in [0.1, 0.15) is 11.9 Å². The number of hydrogen-bond acceptors (Lipinski definition) is 4. The first-order chi connectivity index (χ1) is 15.1. The van der Waals surface area contributed by atoms with Gasteiger partial charge in [0.2, 0.25) is 0 Å². The van der Waals surface area contributed by atoms with Gasteiger partial charge in [-0.2, -0.15) is 18.4 Å². The molecule has 0 saturated heterocycles. The van der Waals surface area contributed by atoms with Gasteiger partial charge in [-0.15, -0.1) is 0 Å². The topological polar surface area (TPSA) is 84.1 Å². The zero-order chi connectivity index (χ0) is 23.5. The van der Waals surface area contributed by atoms with Gasteiger partial charge in [-0.3, -0.25) is 9.59 Å². The van der Waals surface area contributed by atoms with Crippen LogP contribution in [0.4, 0.5) is 19.0 Å². The monoisotopic (exact) mass is 447 g/mol. The van der Waals surface area contributed by atoms with Crippen LogP contribution < -0.4 is 5.32 Å². The second kappa shape index (κ2) is 9.47. The van der Waals surface area contributed by atoms with E-state index in [1.807, 2.05) is 18.4 Å². The lowest BCUT2D eigenvalue weighted by Gasteiger charge is -2.19. The first kappa shape index (κ1) is 23.4. The van der Waals surface area contributed by atoms with Gasteiger partial charge in [-0.05, 0) is 43.9 Å². The second-order valence-corrected chi connectivity index (χ2v) is 7.94. The van der Waals surface area contributed by atoms with E-state index in [4.69, 9.17) is 4.74 Å². The van der Waals surface area contributed by atoms with Crippen molar-refractivity contribution >= 4 is 17.7 Å². The number of nitrogens with zero attached hydrogens (tertiary/aromatic N) is 2. The molecule has 9 heteroatoms. The van der Waals surface area contributed by atoms with Crippen molar-refractivity contribution in [2.24, 2.45) is 0 Å². The molecule has 6 nitrogen and oxygen atoms in total. The number of hydrogen-bond donors (Lipinski definition) is 1. The molecule has 1 heterocycles. The highest BCUT2D eigenvalue weighted by Gasteiger charge is 2.30.